The van der Waals surface area contributed by atoms with Gasteiger partial charge in [-0.3, -0.25) is 9.59 Å². The van der Waals surface area contributed by atoms with Crippen LogP contribution in [0.1, 0.15) is 50.8 Å². The van der Waals surface area contributed by atoms with Crippen molar-refractivity contribution in [3.05, 3.63) is 65.3 Å². The average Bonchev–Trinajstić information content (AvgIpc) is 3.11. The molecule has 1 N–H and O–H groups in total. The van der Waals surface area contributed by atoms with E-state index in [0.717, 1.165) is 37.9 Å². The van der Waals surface area contributed by atoms with Gasteiger partial charge in [-0.25, -0.2) is 4.98 Å². The van der Waals surface area contributed by atoms with Crippen LogP contribution in [0.5, 0.6) is 0 Å². The van der Waals surface area contributed by atoms with E-state index in [0.29, 0.717) is 31.2 Å². The van der Waals surface area contributed by atoms with Crippen LogP contribution < -0.4 is 5.32 Å². The zero-order valence-electron chi connectivity index (χ0n) is 15.4. The van der Waals surface area contributed by atoms with Gasteiger partial charge in [0.05, 0.1) is 5.69 Å². The summed E-state index contributed by atoms with van der Waals surface area (Å²) in [5.74, 6) is 0.0758. The van der Waals surface area contributed by atoms with Gasteiger partial charge >= 0.3 is 0 Å². The molecule has 0 aliphatic carbocycles. The van der Waals surface area contributed by atoms with Gasteiger partial charge in [-0.1, -0.05) is 30.3 Å². The highest BCUT2D eigenvalue weighted by molar-refractivity contribution is 5.97. The normalized spacial score (nSPS) is 15.6. The second kappa shape index (κ2) is 7.39. The maximum absolute atomic E-state index is 13.2. The Balaban J connectivity index is 1.63. The number of rotatable bonds is 4. The third kappa shape index (κ3) is 3.27. The van der Waals surface area contributed by atoms with Crippen LogP contribution in [0, 0.1) is 0 Å². The fourth-order valence-corrected chi connectivity index (χ4v) is 3.95. The predicted octanol–water partition coefficient (Wildman–Crippen LogP) is 2.33. The van der Waals surface area contributed by atoms with E-state index >= 15 is 0 Å². The van der Waals surface area contributed by atoms with Crippen molar-refractivity contribution < 1.29 is 9.59 Å². The van der Waals surface area contributed by atoms with Gasteiger partial charge in [0, 0.05) is 26.2 Å². The van der Waals surface area contributed by atoms with Gasteiger partial charge in [0.1, 0.15) is 5.69 Å². The molecule has 6 heteroatoms. The largest absolute Gasteiger partial charge is 0.347 e. The monoisotopic (exact) mass is 364 g/mol. The minimum Gasteiger partial charge on any atom is -0.347 e. The summed E-state index contributed by atoms with van der Waals surface area (Å²) in [7, 11) is 0. The zero-order chi connectivity index (χ0) is 18.8. The van der Waals surface area contributed by atoms with E-state index in [1.807, 2.05) is 21.6 Å². The Morgan fingerprint density at radius 2 is 1.96 bits per heavy atom. The Bertz CT molecular complexity index is 900. The number of hydrogen-bond acceptors (Lipinski definition) is 3. The van der Waals surface area contributed by atoms with E-state index in [2.05, 4.69) is 29.0 Å². The number of imidazole rings is 1. The molecule has 0 bridgehead atoms. The average molecular weight is 364 g/mol. The van der Waals surface area contributed by atoms with Crippen LogP contribution in [0.15, 0.2) is 36.9 Å². The quantitative estimate of drug-likeness (QED) is 0.847. The Labute approximate surface area is 158 Å². The number of nitrogens with one attached hydrogen (secondary N) is 1. The molecule has 1 aromatic carbocycles. The first-order chi connectivity index (χ1) is 13.2. The number of benzene rings is 1. The lowest BCUT2D eigenvalue weighted by Crippen LogP contribution is -2.37. The molecule has 0 fully saturated rings. The van der Waals surface area contributed by atoms with Crippen molar-refractivity contribution in [3.63, 3.8) is 0 Å². The lowest BCUT2D eigenvalue weighted by molar-refractivity contribution is 0.0716. The predicted molar refractivity (Wildman–Crippen MR) is 103 cm³/mol. The molecule has 0 radical (unpaired) electrons. The van der Waals surface area contributed by atoms with Gasteiger partial charge in [0.25, 0.3) is 11.8 Å². The molecule has 1 aromatic heterocycles. The summed E-state index contributed by atoms with van der Waals surface area (Å²) in [5, 5.41) is 2.79. The number of amides is 2. The standard InChI is InChI=1S/C21H24N4O2/c1-2-11-22-20(26)18-17-9-5-6-12-25(17)19(23-18)21(27)24-13-10-15-7-3-4-8-16(15)14-24/h2-4,7-8H,1,5-6,9-14H2,(H,22,26). The second-order valence-electron chi connectivity index (χ2n) is 7.08. The van der Waals surface area contributed by atoms with Gasteiger partial charge in [-0.2, -0.15) is 0 Å². The number of nitrogens with zero attached hydrogens (tertiary/aromatic N) is 3. The summed E-state index contributed by atoms with van der Waals surface area (Å²) >= 11 is 0. The number of hydrogen-bond donors (Lipinski definition) is 1. The fourth-order valence-electron chi connectivity index (χ4n) is 3.95. The minimum atomic E-state index is -0.233. The summed E-state index contributed by atoms with van der Waals surface area (Å²) in [6.45, 7) is 6.02. The molecule has 27 heavy (non-hydrogen) atoms. The number of aromatic nitrogens is 2. The maximum Gasteiger partial charge on any atom is 0.290 e. The molecule has 2 aromatic rings. The Morgan fingerprint density at radius 1 is 1.15 bits per heavy atom. The molecule has 0 spiro atoms. The summed E-state index contributed by atoms with van der Waals surface area (Å²) < 4.78 is 1.95. The highest BCUT2D eigenvalue weighted by Crippen LogP contribution is 2.24. The number of fused-ring (bicyclic) bond motifs is 2. The summed E-state index contributed by atoms with van der Waals surface area (Å²) in [6, 6.07) is 8.24. The van der Waals surface area contributed by atoms with Gasteiger partial charge in [-0.05, 0) is 36.8 Å². The van der Waals surface area contributed by atoms with E-state index in [1.54, 1.807) is 6.08 Å². The van der Waals surface area contributed by atoms with Crippen LogP contribution in [0.25, 0.3) is 0 Å². The van der Waals surface area contributed by atoms with Gasteiger partial charge < -0.3 is 14.8 Å². The van der Waals surface area contributed by atoms with Crippen LogP contribution >= 0.6 is 0 Å². The lowest BCUT2D eigenvalue weighted by atomic mass is 10.00. The van der Waals surface area contributed by atoms with Crippen LogP contribution in [0.2, 0.25) is 0 Å². The molecule has 2 amide bonds. The minimum absolute atomic E-state index is 0.0876. The van der Waals surface area contributed by atoms with Crippen LogP contribution in [0.4, 0.5) is 0 Å². The molecule has 0 atom stereocenters. The van der Waals surface area contributed by atoms with Gasteiger partial charge in [-0.15, -0.1) is 6.58 Å². The summed E-state index contributed by atoms with van der Waals surface area (Å²) in [6.07, 6.45) is 5.28. The Morgan fingerprint density at radius 3 is 2.78 bits per heavy atom. The van der Waals surface area contributed by atoms with E-state index < -0.39 is 0 Å². The molecule has 140 valence electrons. The fraction of sp³-hybridized carbons (Fsp3) is 0.381. The molecular weight excluding hydrogens is 340 g/mol. The van der Waals surface area contributed by atoms with Gasteiger partial charge in [0.2, 0.25) is 0 Å². The van der Waals surface area contributed by atoms with Crippen molar-refractivity contribution in [2.24, 2.45) is 0 Å². The molecule has 2 aliphatic rings. The first kappa shape index (κ1) is 17.5. The number of carbonyl (C=O) groups is 2. The molecule has 3 heterocycles. The van der Waals surface area contributed by atoms with Crippen molar-refractivity contribution >= 4 is 11.8 Å². The molecule has 0 saturated carbocycles. The van der Waals surface area contributed by atoms with E-state index in [9.17, 15) is 9.59 Å². The molecule has 0 saturated heterocycles. The Kier molecular flexibility index (Phi) is 4.79. The summed E-state index contributed by atoms with van der Waals surface area (Å²) in [4.78, 5) is 32.1. The van der Waals surface area contributed by atoms with Crippen molar-refractivity contribution in [3.8, 4) is 0 Å². The van der Waals surface area contributed by atoms with E-state index in [1.165, 1.54) is 11.1 Å². The maximum atomic E-state index is 13.2. The van der Waals surface area contributed by atoms with Crippen molar-refractivity contribution in [2.75, 3.05) is 13.1 Å². The number of carbonyl (C=O) groups excluding carboxylic acids is 2. The smallest absolute Gasteiger partial charge is 0.290 e. The van der Waals surface area contributed by atoms with Gasteiger partial charge in [0.15, 0.2) is 5.82 Å². The lowest BCUT2D eigenvalue weighted by Gasteiger charge is -2.29. The van der Waals surface area contributed by atoms with Crippen molar-refractivity contribution in [2.45, 2.75) is 38.8 Å². The SMILES string of the molecule is C=CCNC(=O)c1nc(C(=O)N2CCc3ccccc3C2)n2c1CCCC2. The molecule has 6 nitrogen and oxygen atoms in total. The molecule has 0 unspecified atom stereocenters. The van der Waals surface area contributed by atoms with Crippen molar-refractivity contribution in [1.29, 1.82) is 0 Å². The first-order valence-electron chi connectivity index (χ1n) is 9.53. The van der Waals surface area contributed by atoms with E-state index in [-0.39, 0.29) is 11.8 Å². The molecular formula is C21H24N4O2. The highest BCUT2D eigenvalue weighted by atomic mass is 16.2. The second-order valence-corrected chi connectivity index (χ2v) is 7.08. The third-order valence-corrected chi connectivity index (χ3v) is 5.35. The Hall–Kier alpha value is -2.89. The van der Waals surface area contributed by atoms with E-state index in [4.69, 9.17) is 0 Å². The molecule has 4 rings (SSSR count). The molecule has 2 aliphatic heterocycles. The van der Waals surface area contributed by atoms with Crippen LogP contribution in [-0.2, 0) is 25.9 Å². The highest BCUT2D eigenvalue weighted by Gasteiger charge is 2.30. The first-order valence-corrected chi connectivity index (χ1v) is 9.53. The van der Waals surface area contributed by atoms with Crippen LogP contribution in [-0.4, -0.2) is 39.4 Å². The van der Waals surface area contributed by atoms with Crippen LogP contribution in [0.3, 0.4) is 0 Å². The summed E-state index contributed by atoms with van der Waals surface area (Å²) in [5.41, 5.74) is 3.75. The third-order valence-electron chi connectivity index (χ3n) is 5.35. The zero-order valence-corrected chi connectivity index (χ0v) is 15.4. The topological polar surface area (TPSA) is 67.2 Å². The van der Waals surface area contributed by atoms with Crippen molar-refractivity contribution in [1.82, 2.24) is 19.8 Å².